The van der Waals surface area contributed by atoms with Crippen LogP contribution >= 0.6 is 0 Å². The summed E-state index contributed by atoms with van der Waals surface area (Å²) in [5.74, 6) is 0. The lowest BCUT2D eigenvalue weighted by Gasteiger charge is -2.49. The second-order valence-electron chi connectivity index (χ2n) is 3.72. The predicted molar refractivity (Wildman–Crippen MR) is 44.6 cm³/mol. The largest absolute Gasteiger partial charge is 0.762 e. The fraction of sp³-hybridized carbons (Fsp3) is 1.00. The normalized spacial score (nSPS) is 14.2. The second kappa shape index (κ2) is 3.06. The van der Waals surface area contributed by atoms with Gasteiger partial charge in [-0.05, 0) is 27.7 Å². The third-order valence-electron chi connectivity index (χ3n) is 2.20. The highest BCUT2D eigenvalue weighted by Crippen LogP contribution is 2.24. The van der Waals surface area contributed by atoms with Gasteiger partial charge >= 0.3 is 0 Å². The van der Waals surface area contributed by atoms with Crippen molar-refractivity contribution in [2.45, 2.75) is 38.8 Å². The van der Waals surface area contributed by atoms with Crippen molar-refractivity contribution in [3.8, 4) is 0 Å². The lowest BCUT2D eigenvalue weighted by atomic mass is 9.84. The zero-order valence-corrected chi connectivity index (χ0v) is 7.84. The molecule has 2 N–H and O–H groups in total. The van der Waals surface area contributed by atoms with Crippen LogP contribution in [0.25, 0.3) is 0 Å². The Labute approximate surface area is 67.8 Å². The van der Waals surface area contributed by atoms with E-state index in [-0.39, 0.29) is 0 Å². The Hall–Kier alpha value is -0.160. The molecule has 4 heteroatoms. The van der Waals surface area contributed by atoms with Crippen molar-refractivity contribution in [3.05, 3.63) is 5.21 Å². The average molecular weight is 161 g/mol. The highest BCUT2D eigenvalue weighted by Gasteiger charge is 2.35. The first-order chi connectivity index (χ1) is 4.73. The first-order valence-electron chi connectivity index (χ1n) is 3.54. The van der Waals surface area contributed by atoms with E-state index < -0.39 is 11.1 Å². The Morgan fingerprint density at radius 1 is 1.27 bits per heavy atom. The molecular formula is C7H17N2O2-. The van der Waals surface area contributed by atoms with E-state index in [4.69, 9.17) is 5.73 Å². The van der Waals surface area contributed by atoms with E-state index in [1.807, 2.05) is 0 Å². The van der Waals surface area contributed by atoms with Crippen molar-refractivity contribution in [1.82, 2.24) is 5.23 Å². The Morgan fingerprint density at radius 3 is 1.73 bits per heavy atom. The van der Waals surface area contributed by atoms with Crippen LogP contribution in [0.2, 0.25) is 0 Å². The van der Waals surface area contributed by atoms with Crippen LogP contribution in [0.15, 0.2) is 0 Å². The van der Waals surface area contributed by atoms with Crippen molar-refractivity contribution in [2.24, 2.45) is 5.73 Å². The summed E-state index contributed by atoms with van der Waals surface area (Å²) < 4.78 is 0. The first-order valence-corrected chi connectivity index (χ1v) is 3.54. The van der Waals surface area contributed by atoms with E-state index >= 15 is 0 Å². The Morgan fingerprint density at radius 2 is 1.64 bits per heavy atom. The zero-order chi connectivity index (χ0) is 9.28. The van der Waals surface area contributed by atoms with E-state index in [0.717, 1.165) is 0 Å². The maximum Gasteiger partial charge on any atom is 0.0563 e. The molecule has 11 heavy (non-hydrogen) atoms. The van der Waals surface area contributed by atoms with Crippen molar-refractivity contribution < 1.29 is 4.84 Å². The van der Waals surface area contributed by atoms with E-state index in [0.29, 0.717) is 5.23 Å². The summed E-state index contributed by atoms with van der Waals surface area (Å²) in [5.41, 5.74) is 4.46. The molecular weight excluding hydrogens is 144 g/mol. The molecule has 0 aromatic rings. The molecule has 0 aromatic carbocycles. The molecule has 68 valence electrons. The molecule has 0 aliphatic carbocycles. The van der Waals surface area contributed by atoms with E-state index in [1.54, 1.807) is 27.7 Å². The molecule has 0 radical (unpaired) electrons. The minimum absolute atomic E-state index is 0.521. The van der Waals surface area contributed by atoms with Crippen molar-refractivity contribution in [3.63, 3.8) is 0 Å². The van der Waals surface area contributed by atoms with Gasteiger partial charge in [0, 0.05) is 11.1 Å². The van der Waals surface area contributed by atoms with Crippen LogP contribution in [0, 0.1) is 5.21 Å². The summed E-state index contributed by atoms with van der Waals surface area (Å²) in [6.07, 6.45) is 0. The van der Waals surface area contributed by atoms with Crippen molar-refractivity contribution >= 4 is 0 Å². The lowest BCUT2D eigenvalue weighted by Crippen LogP contribution is -2.60. The van der Waals surface area contributed by atoms with Gasteiger partial charge in [0.25, 0.3) is 0 Å². The topological polar surface area (TPSA) is 61.5 Å². The Kier molecular flexibility index (Phi) is 3.02. The van der Waals surface area contributed by atoms with Gasteiger partial charge in [0.15, 0.2) is 0 Å². The standard InChI is InChI=1S/C7H17N2O2/c1-6(2,8)7(3,4)9(10)11-5/h8H2,1-5H3/q-1. The van der Waals surface area contributed by atoms with Gasteiger partial charge in [-0.15, -0.1) is 0 Å². The van der Waals surface area contributed by atoms with Gasteiger partial charge in [0.05, 0.1) is 7.11 Å². The number of rotatable bonds is 3. The fourth-order valence-electron chi connectivity index (χ4n) is 0.463. The second-order valence-corrected chi connectivity index (χ2v) is 3.72. The van der Waals surface area contributed by atoms with E-state index in [2.05, 4.69) is 4.84 Å². The van der Waals surface area contributed by atoms with Crippen LogP contribution in [-0.2, 0) is 4.84 Å². The van der Waals surface area contributed by atoms with Gasteiger partial charge in [0.1, 0.15) is 0 Å². The minimum Gasteiger partial charge on any atom is -0.762 e. The molecule has 0 aromatic heterocycles. The fourth-order valence-corrected chi connectivity index (χ4v) is 0.463. The van der Waals surface area contributed by atoms with Crippen LogP contribution in [-0.4, -0.2) is 23.4 Å². The van der Waals surface area contributed by atoms with Gasteiger partial charge in [-0.1, -0.05) is 0 Å². The number of hydrogen-bond donors (Lipinski definition) is 1. The Bertz CT molecular complexity index is 129. The molecule has 0 heterocycles. The van der Waals surface area contributed by atoms with Crippen LogP contribution in [0.4, 0.5) is 0 Å². The summed E-state index contributed by atoms with van der Waals surface area (Å²) in [5, 5.41) is 11.6. The van der Waals surface area contributed by atoms with E-state index in [9.17, 15) is 5.21 Å². The summed E-state index contributed by atoms with van der Waals surface area (Å²) in [6, 6.07) is 0. The Balaban J connectivity index is 4.45. The summed E-state index contributed by atoms with van der Waals surface area (Å²) in [6.45, 7) is 7.06. The lowest BCUT2D eigenvalue weighted by molar-refractivity contribution is -0.170. The number of hydroxylamine groups is 2. The van der Waals surface area contributed by atoms with Gasteiger partial charge in [0.2, 0.25) is 0 Å². The van der Waals surface area contributed by atoms with Crippen molar-refractivity contribution in [1.29, 1.82) is 0 Å². The molecule has 0 amide bonds. The third kappa shape index (κ3) is 2.13. The molecule has 0 fully saturated rings. The summed E-state index contributed by atoms with van der Waals surface area (Å²) in [4.78, 5) is 4.54. The monoisotopic (exact) mass is 161 g/mol. The number of hydrogen-bond acceptors (Lipinski definition) is 4. The first kappa shape index (κ1) is 10.8. The zero-order valence-electron chi connectivity index (χ0n) is 7.84. The van der Waals surface area contributed by atoms with Crippen LogP contribution in [0.3, 0.4) is 0 Å². The summed E-state index contributed by atoms with van der Waals surface area (Å²) >= 11 is 0. The third-order valence-corrected chi connectivity index (χ3v) is 2.20. The maximum absolute atomic E-state index is 11.1. The smallest absolute Gasteiger partial charge is 0.0563 e. The molecule has 0 bridgehead atoms. The molecule has 0 saturated carbocycles. The molecule has 0 aliphatic heterocycles. The van der Waals surface area contributed by atoms with Crippen molar-refractivity contribution in [2.75, 3.05) is 7.11 Å². The highest BCUT2D eigenvalue weighted by molar-refractivity contribution is 4.96. The predicted octanol–water partition coefficient (Wildman–Crippen LogP) is 0.863. The molecule has 4 nitrogen and oxygen atoms in total. The molecule has 0 spiro atoms. The molecule has 0 atom stereocenters. The number of nitrogens with zero attached hydrogens (tertiary/aromatic N) is 1. The summed E-state index contributed by atoms with van der Waals surface area (Å²) in [7, 11) is 1.33. The van der Waals surface area contributed by atoms with Crippen LogP contribution in [0.5, 0.6) is 0 Å². The maximum atomic E-state index is 11.1. The average Bonchev–Trinajstić information content (AvgIpc) is 1.83. The van der Waals surface area contributed by atoms with E-state index in [1.165, 1.54) is 7.11 Å². The molecule has 0 saturated heterocycles. The van der Waals surface area contributed by atoms with Gasteiger partial charge < -0.3 is 15.8 Å². The van der Waals surface area contributed by atoms with Gasteiger partial charge in [-0.2, -0.15) is 0 Å². The highest BCUT2D eigenvalue weighted by atomic mass is 16.9. The van der Waals surface area contributed by atoms with Gasteiger partial charge in [-0.25, -0.2) is 0 Å². The quantitative estimate of drug-likeness (QED) is 0.624. The molecule has 0 rings (SSSR count). The van der Waals surface area contributed by atoms with Gasteiger partial charge in [-0.3, -0.25) is 5.23 Å². The molecule has 0 aliphatic rings. The SMILES string of the molecule is CON([O-])C(C)(C)C(C)(C)N. The minimum atomic E-state index is -0.720. The van der Waals surface area contributed by atoms with Crippen LogP contribution in [0.1, 0.15) is 27.7 Å². The molecule has 0 unspecified atom stereocenters. The van der Waals surface area contributed by atoms with Crippen LogP contribution < -0.4 is 5.73 Å². The number of nitrogens with two attached hydrogens (primary N) is 1.